The summed E-state index contributed by atoms with van der Waals surface area (Å²) in [5.41, 5.74) is 0. The first-order valence-electron chi connectivity index (χ1n) is 5.46. The first-order chi connectivity index (χ1) is 8.13. The van der Waals surface area contributed by atoms with E-state index in [0.29, 0.717) is 18.7 Å². The highest BCUT2D eigenvalue weighted by molar-refractivity contribution is 9.11. The Labute approximate surface area is 110 Å². The van der Waals surface area contributed by atoms with Crippen LogP contribution in [0.3, 0.4) is 0 Å². The molecule has 1 N–H and O–H groups in total. The molecule has 92 valence electrons. The minimum Gasteiger partial charge on any atom is -0.481 e. The molecule has 1 unspecified atom stereocenters. The Bertz CT molecular complexity index is 378. The molecule has 0 spiro atoms. The molecule has 1 atom stereocenters. The number of hydrogen-bond donors (Lipinski definition) is 1. The largest absolute Gasteiger partial charge is 0.481 e. The number of halogens is 1. The van der Waals surface area contributed by atoms with Crippen LogP contribution >= 0.6 is 15.9 Å². The molecule has 1 rings (SSSR count). The van der Waals surface area contributed by atoms with Gasteiger partial charge in [0.2, 0.25) is 0 Å². The molecule has 0 bridgehead atoms. The highest BCUT2D eigenvalue weighted by atomic mass is 79.9. The van der Waals surface area contributed by atoms with Gasteiger partial charge in [0, 0.05) is 11.0 Å². The fourth-order valence-electron chi connectivity index (χ4n) is 1.28. The van der Waals surface area contributed by atoms with Gasteiger partial charge >= 0.3 is 0 Å². The van der Waals surface area contributed by atoms with E-state index in [0.717, 1.165) is 4.48 Å². The monoisotopic (exact) mass is 297 g/mol. The van der Waals surface area contributed by atoms with E-state index in [1.54, 1.807) is 0 Å². The van der Waals surface area contributed by atoms with Crippen LogP contribution in [0.4, 0.5) is 0 Å². The lowest BCUT2D eigenvalue weighted by Gasteiger charge is -2.17. The van der Waals surface area contributed by atoms with Crippen LogP contribution in [0.15, 0.2) is 41.4 Å². The topological polar surface area (TPSA) is 38.3 Å². The Kier molecular flexibility index (Phi) is 5.77. The van der Waals surface area contributed by atoms with Gasteiger partial charge in [0.15, 0.2) is 6.10 Å². The number of nitrogens with one attached hydrogen (secondary N) is 1. The van der Waals surface area contributed by atoms with Gasteiger partial charge in [0.05, 0.1) is 0 Å². The van der Waals surface area contributed by atoms with Crippen molar-refractivity contribution in [1.29, 1.82) is 0 Å². The second-order valence-corrected chi connectivity index (χ2v) is 4.68. The Balaban J connectivity index is 2.53. The number of amides is 1. The number of carbonyl (C=O) groups excluding carboxylic acids is 1. The second-order valence-electron chi connectivity index (χ2n) is 3.56. The Morgan fingerprint density at radius 3 is 2.65 bits per heavy atom. The third kappa shape index (κ3) is 5.04. The smallest absolute Gasteiger partial charge is 0.261 e. The van der Waals surface area contributed by atoms with Crippen LogP contribution in [-0.4, -0.2) is 18.6 Å². The van der Waals surface area contributed by atoms with E-state index in [9.17, 15) is 4.79 Å². The molecule has 0 saturated carbocycles. The molecule has 4 heteroatoms. The van der Waals surface area contributed by atoms with E-state index >= 15 is 0 Å². The van der Waals surface area contributed by atoms with Gasteiger partial charge in [-0.2, -0.15) is 0 Å². The molecule has 1 aromatic rings. The van der Waals surface area contributed by atoms with Gasteiger partial charge < -0.3 is 10.1 Å². The minimum absolute atomic E-state index is 0.128. The fourth-order valence-corrected chi connectivity index (χ4v) is 1.42. The number of ether oxygens (including phenoxy) is 1. The van der Waals surface area contributed by atoms with E-state index < -0.39 is 6.10 Å². The van der Waals surface area contributed by atoms with Gasteiger partial charge in [-0.3, -0.25) is 4.79 Å². The van der Waals surface area contributed by atoms with Crippen molar-refractivity contribution in [2.45, 2.75) is 19.4 Å². The fraction of sp³-hybridized carbons (Fsp3) is 0.308. The van der Waals surface area contributed by atoms with Crippen molar-refractivity contribution in [3.63, 3.8) is 0 Å². The zero-order valence-corrected chi connectivity index (χ0v) is 11.4. The van der Waals surface area contributed by atoms with Crippen molar-refractivity contribution >= 4 is 21.8 Å². The van der Waals surface area contributed by atoms with Crippen molar-refractivity contribution in [2.75, 3.05) is 6.54 Å². The van der Waals surface area contributed by atoms with E-state index in [2.05, 4.69) is 27.8 Å². The zero-order chi connectivity index (χ0) is 12.7. The summed E-state index contributed by atoms with van der Waals surface area (Å²) in [5, 5.41) is 2.74. The van der Waals surface area contributed by atoms with E-state index in [1.165, 1.54) is 0 Å². The van der Waals surface area contributed by atoms with Crippen LogP contribution in [-0.2, 0) is 4.79 Å². The average molecular weight is 298 g/mol. The van der Waals surface area contributed by atoms with Gasteiger partial charge in [-0.05, 0) is 18.6 Å². The van der Waals surface area contributed by atoms with Crippen LogP contribution in [0.1, 0.15) is 13.3 Å². The molecule has 0 fully saturated rings. The normalized spacial score (nSPS) is 11.6. The average Bonchev–Trinajstić information content (AvgIpc) is 2.34. The number of benzene rings is 1. The maximum absolute atomic E-state index is 11.8. The minimum atomic E-state index is -0.468. The van der Waals surface area contributed by atoms with Gasteiger partial charge in [0.1, 0.15) is 5.75 Å². The second kappa shape index (κ2) is 7.12. The molecule has 1 aromatic carbocycles. The first-order valence-corrected chi connectivity index (χ1v) is 6.25. The van der Waals surface area contributed by atoms with E-state index in [1.807, 2.05) is 37.3 Å². The van der Waals surface area contributed by atoms with Crippen molar-refractivity contribution in [3.05, 3.63) is 41.4 Å². The molecule has 0 saturated heterocycles. The maximum atomic E-state index is 11.8. The van der Waals surface area contributed by atoms with Crippen LogP contribution in [0.2, 0.25) is 0 Å². The van der Waals surface area contributed by atoms with Crippen LogP contribution < -0.4 is 10.1 Å². The molecule has 0 aromatic heterocycles. The van der Waals surface area contributed by atoms with Gasteiger partial charge in [-0.1, -0.05) is 47.6 Å². The summed E-state index contributed by atoms with van der Waals surface area (Å²) in [4.78, 5) is 11.8. The SMILES string of the molecule is C=C(Br)CNC(=O)C(CC)Oc1ccccc1. The molecule has 0 aliphatic rings. The zero-order valence-electron chi connectivity index (χ0n) is 9.78. The summed E-state index contributed by atoms with van der Waals surface area (Å²) in [6, 6.07) is 9.32. The Morgan fingerprint density at radius 1 is 1.47 bits per heavy atom. The lowest BCUT2D eigenvalue weighted by atomic mass is 10.2. The first kappa shape index (κ1) is 13.8. The number of rotatable bonds is 6. The lowest BCUT2D eigenvalue weighted by molar-refractivity contribution is -0.127. The standard InChI is InChI=1S/C13H16BrNO2/c1-3-12(13(16)15-9-10(2)14)17-11-7-5-4-6-8-11/h4-8,12H,2-3,9H2,1H3,(H,15,16). The molecule has 1 amide bonds. The van der Waals surface area contributed by atoms with Crippen LogP contribution in [0, 0.1) is 0 Å². The van der Waals surface area contributed by atoms with Crippen LogP contribution in [0.25, 0.3) is 0 Å². The molecule has 0 aliphatic carbocycles. The van der Waals surface area contributed by atoms with Gasteiger partial charge in [-0.15, -0.1) is 0 Å². The summed E-state index contributed by atoms with van der Waals surface area (Å²) >= 11 is 3.19. The molecular weight excluding hydrogens is 282 g/mol. The molecule has 0 heterocycles. The summed E-state index contributed by atoms with van der Waals surface area (Å²) < 4.78 is 6.34. The number of hydrogen-bond acceptors (Lipinski definition) is 2. The third-order valence-corrected chi connectivity index (χ3v) is 2.42. The molecule has 0 radical (unpaired) electrons. The predicted molar refractivity (Wildman–Crippen MR) is 72.2 cm³/mol. The Morgan fingerprint density at radius 2 is 2.12 bits per heavy atom. The predicted octanol–water partition coefficient (Wildman–Crippen LogP) is 2.87. The van der Waals surface area contributed by atoms with E-state index in [4.69, 9.17) is 4.74 Å². The molecule has 17 heavy (non-hydrogen) atoms. The molecule has 0 aliphatic heterocycles. The van der Waals surface area contributed by atoms with Gasteiger partial charge in [0.25, 0.3) is 5.91 Å². The molecular formula is C13H16BrNO2. The van der Waals surface area contributed by atoms with E-state index in [-0.39, 0.29) is 5.91 Å². The number of para-hydroxylation sites is 1. The highest BCUT2D eigenvalue weighted by Gasteiger charge is 2.17. The summed E-state index contributed by atoms with van der Waals surface area (Å²) in [5.74, 6) is 0.573. The van der Waals surface area contributed by atoms with Gasteiger partial charge in [-0.25, -0.2) is 0 Å². The molecule has 3 nitrogen and oxygen atoms in total. The van der Waals surface area contributed by atoms with Crippen LogP contribution in [0.5, 0.6) is 5.75 Å². The summed E-state index contributed by atoms with van der Waals surface area (Å²) in [6.45, 7) is 5.98. The quantitative estimate of drug-likeness (QED) is 0.877. The maximum Gasteiger partial charge on any atom is 0.261 e. The Hall–Kier alpha value is -1.29. The van der Waals surface area contributed by atoms with Crippen molar-refractivity contribution in [1.82, 2.24) is 5.32 Å². The summed E-state index contributed by atoms with van der Waals surface area (Å²) in [7, 11) is 0. The lowest BCUT2D eigenvalue weighted by Crippen LogP contribution is -2.38. The van der Waals surface area contributed by atoms with Crippen molar-refractivity contribution < 1.29 is 9.53 Å². The van der Waals surface area contributed by atoms with Crippen molar-refractivity contribution in [3.8, 4) is 5.75 Å². The summed E-state index contributed by atoms with van der Waals surface area (Å²) in [6.07, 6.45) is 0.152. The number of carbonyl (C=O) groups is 1. The third-order valence-electron chi connectivity index (χ3n) is 2.14. The highest BCUT2D eigenvalue weighted by Crippen LogP contribution is 2.12. The van der Waals surface area contributed by atoms with Crippen molar-refractivity contribution in [2.24, 2.45) is 0 Å².